The predicted octanol–water partition coefficient (Wildman–Crippen LogP) is 0.794. The lowest BCUT2D eigenvalue weighted by Crippen LogP contribution is -2.17. The first-order valence-electron chi connectivity index (χ1n) is 5.35. The van der Waals surface area contributed by atoms with Gasteiger partial charge >= 0.3 is 0 Å². The number of aliphatic hydroxyl groups is 1. The highest BCUT2D eigenvalue weighted by Gasteiger charge is 2.13. The van der Waals surface area contributed by atoms with Crippen LogP contribution in [0.15, 0.2) is 18.2 Å². The van der Waals surface area contributed by atoms with Gasteiger partial charge < -0.3 is 15.6 Å². The van der Waals surface area contributed by atoms with Crippen LogP contribution in [0.1, 0.15) is 22.6 Å². The summed E-state index contributed by atoms with van der Waals surface area (Å²) < 4.78 is 5.37. The van der Waals surface area contributed by atoms with Crippen LogP contribution < -0.4 is 5.73 Å². The summed E-state index contributed by atoms with van der Waals surface area (Å²) in [6.07, 6.45) is 0.964. The zero-order chi connectivity index (χ0) is 10.7. The summed E-state index contributed by atoms with van der Waals surface area (Å²) in [7, 11) is 0. The number of aliphatic hydroxyl groups excluding tert-OH is 1. The van der Waals surface area contributed by atoms with Crippen molar-refractivity contribution in [2.75, 3.05) is 19.8 Å². The van der Waals surface area contributed by atoms with Crippen molar-refractivity contribution >= 4 is 0 Å². The Morgan fingerprint density at radius 1 is 1.40 bits per heavy atom. The van der Waals surface area contributed by atoms with E-state index >= 15 is 0 Å². The first-order chi connectivity index (χ1) is 7.35. The monoisotopic (exact) mass is 207 g/mol. The summed E-state index contributed by atoms with van der Waals surface area (Å²) in [6, 6.07) is 6.29. The van der Waals surface area contributed by atoms with Gasteiger partial charge in [0.1, 0.15) is 0 Å². The molecule has 1 atom stereocenters. The summed E-state index contributed by atoms with van der Waals surface area (Å²) in [5.74, 6) is 0.0677. The molecule has 1 aromatic carbocycles. The van der Waals surface area contributed by atoms with E-state index in [-0.39, 0.29) is 12.5 Å². The number of fused-ring (bicyclic) bond motifs is 1. The molecule has 3 N–H and O–H groups in total. The van der Waals surface area contributed by atoms with Crippen molar-refractivity contribution in [2.45, 2.75) is 18.9 Å². The Balaban J connectivity index is 2.27. The average Bonchev–Trinajstić information content (AvgIpc) is 2.30. The quantitative estimate of drug-likeness (QED) is 0.770. The maximum atomic E-state index is 9.18. The van der Waals surface area contributed by atoms with Gasteiger partial charge in [0, 0.05) is 12.5 Å². The van der Waals surface area contributed by atoms with Crippen LogP contribution in [-0.2, 0) is 17.8 Å². The summed E-state index contributed by atoms with van der Waals surface area (Å²) in [5.41, 5.74) is 9.35. The molecule has 0 fully saturated rings. The summed E-state index contributed by atoms with van der Waals surface area (Å²) in [5, 5.41) is 9.18. The lowest BCUT2D eigenvalue weighted by atomic mass is 9.93. The molecule has 1 aliphatic rings. The topological polar surface area (TPSA) is 55.5 Å². The normalized spacial score (nSPS) is 17.2. The van der Waals surface area contributed by atoms with Crippen molar-refractivity contribution in [2.24, 2.45) is 5.73 Å². The van der Waals surface area contributed by atoms with Crippen LogP contribution in [0.25, 0.3) is 0 Å². The molecule has 82 valence electrons. The van der Waals surface area contributed by atoms with E-state index in [0.717, 1.165) is 18.6 Å². The minimum atomic E-state index is 0.0677. The second kappa shape index (κ2) is 4.75. The minimum Gasteiger partial charge on any atom is -0.396 e. The second-order valence-electron chi connectivity index (χ2n) is 3.95. The number of ether oxygens (including phenoxy) is 1. The van der Waals surface area contributed by atoms with Crippen LogP contribution in [0, 0.1) is 0 Å². The predicted molar refractivity (Wildman–Crippen MR) is 58.7 cm³/mol. The molecule has 1 heterocycles. The first-order valence-corrected chi connectivity index (χ1v) is 5.35. The van der Waals surface area contributed by atoms with Crippen molar-refractivity contribution in [1.29, 1.82) is 0 Å². The van der Waals surface area contributed by atoms with E-state index in [4.69, 9.17) is 10.5 Å². The number of hydrogen-bond acceptors (Lipinski definition) is 3. The average molecular weight is 207 g/mol. The zero-order valence-corrected chi connectivity index (χ0v) is 8.78. The molecule has 2 rings (SSSR count). The van der Waals surface area contributed by atoms with Gasteiger partial charge in [-0.25, -0.2) is 0 Å². The van der Waals surface area contributed by atoms with Crippen LogP contribution in [-0.4, -0.2) is 24.9 Å². The maximum absolute atomic E-state index is 9.18. The fourth-order valence-corrected chi connectivity index (χ4v) is 1.95. The van der Waals surface area contributed by atoms with Crippen molar-refractivity contribution < 1.29 is 9.84 Å². The largest absolute Gasteiger partial charge is 0.396 e. The van der Waals surface area contributed by atoms with E-state index in [0.29, 0.717) is 13.2 Å². The molecule has 0 spiro atoms. The molecule has 0 saturated heterocycles. The fraction of sp³-hybridized carbons (Fsp3) is 0.500. The highest BCUT2D eigenvalue weighted by molar-refractivity contribution is 5.34. The molecule has 3 nitrogen and oxygen atoms in total. The first kappa shape index (κ1) is 10.6. The van der Waals surface area contributed by atoms with Crippen LogP contribution >= 0.6 is 0 Å². The van der Waals surface area contributed by atoms with Gasteiger partial charge in [0.2, 0.25) is 0 Å². The molecular weight excluding hydrogens is 190 g/mol. The second-order valence-corrected chi connectivity index (χ2v) is 3.95. The lowest BCUT2D eigenvalue weighted by Gasteiger charge is -2.19. The van der Waals surface area contributed by atoms with Crippen LogP contribution in [0.3, 0.4) is 0 Å². The standard InChI is InChI=1S/C12H17NO2/c13-6-12(7-14)9-1-2-11-8-15-4-3-10(11)5-9/h1-2,5,12,14H,3-4,6-8,13H2. The lowest BCUT2D eigenvalue weighted by molar-refractivity contribution is 0.110. The van der Waals surface area contributed by atoms with Crippen LogP contribution in [0.4, 0.5) is 0 Å². The van der Waals surface area contributed by atoms with E-state index in [2.05, 4.69) is 12.1 Å². The molecular formula is C12H17NO2. The van der Waals surface area contributed by atoms with Gasteiger partial charge in [0.05, 0.1) is 19.8 Å². The van der Waals surface area contributed by atoms with Gasteiger partial charge in [-0.05, 0) is 23.1 Å². The Morgan fingerprint density at radius 2 is 2.27 bits per heavy atom. The van der Waals surface area contributed by atoms with Gasteiger partial charge in [-0.15, -0.1) is 0 Å². The molecule has 0 amide bonds. The van der Waals surface area contributed by atoms with E-state index < -0.39 is 0 Å². The highest BCUT2D eigenvalue weighted by atomic mass is 16.5. The number of rotatable bonds is 3. The van der Waals surface area contributed by atoms with Crippen molar-refractivity contribution in [3.05, 3.63) is 34.9 Å². The Kier molecular flexibility index (Phi) is 3.36. The molecule has 0 bridgehead atoms. The SMILES string of the molecule is NCC(CO)c1ccc2c(c1)CCOC2. The summed E-state index contributed by atoms with van der Waals surface area (Å²) in [4.78, 5) is 0. The van der Waals surface area contributed by atoms with Crippen molar-refractivity contribution in [3.8, 4) is 0 Å². The molecule has 0 saturated carbocycles. The van der Waals surface area contributed by atoms with Gasteiger partial charge in [0.15, 0.2) is 0 Å². The van der Waals surface area contributed by atoms with E-state index in [9.17, 15) is 5.11 Å². The summed E-state index contributed by atoms with van der Waals surface area (Å²) >= 11 is 0. The molecule has 0 radical (unpaired) electrons. The maximum Gasteiger partial charge on any atom is 0.0719 e. The molecule has 1 unspecified atom stereocenters. The van der Waals surface area contributed by atoms with E-state index in [1.54, 1.807) is 0 Å². The minimum absolute atomic E-state index is 0.0677. The van der Waals surface area contributed by atoms with E-state index in [1.165, 1.54) is 11.1 Å². The van der Waals surface area contributed by atoms with Crippen LogP contribution in [0.2, 0.25) is 0 Å². The smallest absolute Gasteiger partial charge is 0.0719 e. The van der Waals surface area contributed by atoms with Gasteiger partial charge in [-0.3, -0.25) is 0 Å². The van der Waals surface area contributed by atoms with E-state index in [1.807, 2.05) is 6.07 Å². The number of nitrogens with two attached hydrogens (primary N) is 1. The van der Waals surface area contributed by atoms with Gasteiger partial charge in [0.25, 0.3) is 0 Å². The van der Waals surface area contributed by atoms with Gasteiger partial charge in [-0.2, -0.15) is 0 Å². The third-order valence-corrected chi connectivity index (χ3v) is 2.98. The third-order valence-electron chi connectivity index (χ3n) is 2.98. The van der Waals surface area contributed by atoms with Crippen molar-refractivity contribution in [1.82, 2.24) is 0 Å². The molecule has 3 heteroatoms. The van der Waals surface area contributed by atoms with Crippen LogP contribution in [0.5, 0.6) is 0 Å². The zero-order valence-electron chi connectivity index (χ0n) is 8.78. The molecule has 15 heavy (non-hydrogen) atoms. The fourth-order valence-electron chi connectivity index (χ4n) is 1.95. The Bertz CT molecular complexity index is 334. The Hall–Kier alpha value is -0.900. The molecule has 0 aliphatic carbocycles. The molecule has 1 aliphatic heterocycles. The molecule has 0 aromatic heterocycles. The Morgan fingerprint density at radius 3 is 3.00 bits per heavy atom. The highest BCUT2D eigenvalue weighted by Crippen LogP contribution is 2.22. The van der Waals surface area contributed by atoms with Crippen molar-refractivity contribution in [3.63, 3.8) is 0 Å². The Labute approximate surface area is 89.9 Å². The molecule has 1 aromatic rings. The van der Waals surface area contributed by atoms with Gasteiger partial charge in [-0.1, -0.05) is 18.2 Å². The third kappa shape index (κ3) is 2.20. The summed E-state index contributed by atoms with van der Waals surface area (Å²) in [6.45, 7) is 2.11. The number of benzene rings is 1. The number of hydrogen-bond donors (Lipinski definition) is 2.